The van der Waals surface area contributed by atoms with E-state index in [2.05, 4.69) is 0 Å². The van der Waals surface area contributed by atoms with E-state index in [0.29, 0.717) is 29.2 Å². The molecule has 0 N–H and O–H groups in total. The van der Waals surface area contributed by atoms with Gasteiger partial charge in [0, 0.05) is 12.1 Å². The van der Waals surface area contributed by atoms with Gasteiger partial charge in [0.25, 0.3) is 0 Å². The molecule has 0 heterocycles. The SMILES string of the molecule is ClP(Cl)(Cl)(Cl)Cl.N#Cc1ccc(CS(=O)(=O)Cl)cc1.N#Cc1ccc(CS(=O)(=O)[O-])cc1.[2H]CC.[Na+]. The number of rotatable bonds is 4. The minimum atomic E-state index is -4.23. The average molecular weight is 674 g/mol. The Kier molecular flexibility index (Phi) is 19.2. The van der Waals surface area contributed by atoms with E-state index in [1.807, 2.05) is 12.1 Å². The number of halogens is 6. The molecule has 2 aromatic carbocycles. The molecule has 0 aliphatic rings. The van der Waals surface area contributed by atoms with Crippen molar-refractivity contribution in [1.82, 2.24) is 0 Å². The van der Waals surface area contributed by atoms with Crippen LogP contribution in [0.15, 0.2) is 48.5 Å². The fourth-order valence-electron chi connectivity index (χ4n) is 1.75. The van der Waals surface area contributed by atoms with Crippen molar-refractivity contribution in [3.63, 3.8) is 0 Å². The minimum absolute atomic E-state index is 0. The van der Waals surface area contributed by atoms with Crippen LogP contribution in [-0.2, 0) is 30.7 Å². The Labute approximate surface area is 258 Å². The van der Waals surface area contributed by atoms with E-state index in [0.717, 1.165) is 0 Å². The van der Waals surface area contributed by atoms with Gasteiger partial charge < -0.3 is 4.55 Å². The largest absolute Gasteiger partial charge is 1.00 e. The summed E-state index contributed by atoms with van der Waals surface area (Å²) in [5.41, 5.74) is 1.91. The maximum Gasteiger partial charge on any atom is 1.00 e. The third kappa shape index (κ3) is 30.6. The molecule has 0 unspecified atom stereocenters. The number of nitrogens with zero attached hydrogens (tertiary/aromatic N) is 2. The van der Waals surface area contributed by atoms with Crippen molar-refractivity contribution in [3.05, 3.63) is 70.8 Å². The van der Waals surface area contributed by atoms with Crippen molar-refractivity contribution >= 4 is 89.4 Å². The van der Waals surface area contributed by atoms with Crippen LogP contribution >= 0.6 is 70.3 Å². The number of hydrogen-bond acceptors (Lipinski definition) is 7. The Morgan fingerprint density at radius 3 is 1.29 bits per heavy atom. The van der Waals surface area contributed by atoms with Gasteiger partial charge in [0.2, 0.25) is 9.05 Å². The molecule has 35 heavy (non-hydrogen) atoms. The smallest absolute Gasteiger partial charge is 0.748 e. The van der Waals surface area contributed by atoms with Crippen LogP contribution in [0, 0.1) is 22.7 Å². The second-order valence-electron chi connectivity index (χ2n) is 5.64. The fraction of sp³-hybridized carbons (Fsp3) is 0.222. The summed E-state index contributed by atoms with van der Waals surface area (Å²) >= 11 is 24.9. The molecule has 2 aromatic rings. The van der Waals surface area contributed by atoms with E-state index in [1.165, 1.54) is 24.3 Å². The van der Waals surface area contributed by atoms with E-state index in [-0.39, 0.29) is 35.3 Å². The Morgan fingerprint density at radius 1 is 0.829 bits per heavy atom. The third-order valence-corrected chi connectivity index (χ3v) is 4.54. The second-order valence-corrected chi connectivity index (χ2v) is 26.4. The van der Waals surface area contributed by atoms with Crippen molar-refractivity contribution in [1.29, 1.82) is 10.5 Å². The van der Waals surface area contributed by atoms with Gasteiger partial charge in [-0.25, -0.2) is 16.8 Å². The zero-order valence-corrected chi connectivity index (χ0v) is 27.3. The number of nitriles is 2. The van der Waals surface area contributed by atoms with E-state index < -0.39 is 28.3 Å². The van der Waals surface area contributed by atoms with Gasteiger partial charge in [-0.1, -0.05) is 38.1 Å². The topological polar surface area (TPSA) is 139 Å². The van der Waals surface area contributed by atoms with Crippen LogP contribution in [0.25, 0.3) is 0 Å². The molecule has 190 valence electrons. The summed E-state index contributed by atoms with van der Waals surface area (Å²) in [6.07, 6.45) is 0. The first-order valence-electron chi connectivity index (χ1n) is 9.12. The van der Waals surface area contributed by atoms with Crippen molar-refractivity contribution in [3.8, 4) is 12.1 Å². The van der Waals surface area contributed by atoms with E-state index >= 15 is 0 Å². The monoisotopic (exact) mass is 671 g/mol. The molecular weight excluding hydrogens is 655 g/mol. The second kappa shape index (κ2) is 17.9. The molecule has 0 spiro atoms. The fourth-order valence-corrected chi connectivity index (χ4v) is 3.32. The van der Waals surface area contributed by atoms with E-state index in [1.54, 1.807) is 31.2 Å². The molecule has 0 bridgehead atoms. The van der Waals surface area contributed by atoms with Crippen LogP contribution in [-0.4, -0.2) is 21.4 Å². The summed E-state index contributed by atoms with van der Waals surface area (Å²) in [6, 6.07) is 15.9. The summed E-state index contributed by atoms with van der Waals surface area (Å²) in [7, 11) is -2.69. The van der Waals surface area contributed by atoms with Crippen LogP contribution in [0.1, 0.15) is 37.4 Å². The maximum absolute atomic E-state index is 10.7. The summed E-state index contributed by atoms with van der Waals surface area (Å²) in [6.45, 7) is 2.29. The zero-order valence-electron chi connectivity index (χ0n) is 19.2. The first kappa shape index (κ1) is 37.6. The van der Waals surface area contributed by atoms with Crippen LogP contribution < -0.4 is 29.6 Å². The summed E-state index contributed by atoms with van der Waals surface area (Å²) in [5.74, 6) is -0.737. The molecule has 0 aromatic heterocycles. The molecule has 0 amide bonds. The van der Waals surface area contributed by atoms with Gasteiger partial charge in [-0.3, -0.25) is 0 Å². The molecule has 0 atom stereocenters. The van der Waals surface area contributed by atoms with Gasteiger partial charge in [0.05, 0.1) is 44.9 Å². The average Bonchev–Trinajstić information content (AvgIpc) is 2.66. The molecule has 0 saturated carbocycles. The molecular formula is C18H18Cl6N2NaO5PS2. The van der Waals surface area contributed by atoms with Gasteiger partial charge >= 0.3 is 89.1 Å². The normalized spacial score (nSPS) is 11.8. The van der Waals surface area contributed by atoms with Crippen LogP contribution in [0.5, 0.6) is 0 Å². The Balaban J connectivity index is -0.000000448. The summed E-state index contributed by atoms with van der Waals surface area (Å²) < 4.78 is 54.8. The van der Waals surface area contributed by atoms with E-state index in [4.69, 9.17) is 78.8 Å². The first-order valence-corrected chi connectivity index (χ1v) is 19.2. The molecule has 0 fully saturated rings. The Morgan fingerprint density at radius 2 is 1.09 bits per heavy atom. The van der Waals surface area contributed by atoms with E-state index in [9.17, 15) is 21.4 Å². The van der Waals surface area contributed by atoms with Gasteiger partial charge in [-0.15, -0.1) is 0 Å². The quantitative estimate of drug-likeness (QED) is 0.201. The van der Waals surface area contributed by atoms with Gasteiger partial charge in [0.1, 0.15) is 0 Å². The molecule has 0 aliphatic carbocycles. The predicted molar refractivity (Wildman–Crippen MR) is 142 cm³/mol. The third-order valence-electron chi connectivity index (χ3n) is 2.85. The molecule has 0 radical (unpaired) electrons. The van der Waals surface area contributed by atoms with Crippen molar-refractivity contribution in [2.45, 2.75) is 25.3 Å². The van der Waals surface area contributed by atoms with Crippen LogP contribution in [0.3, 0.4) is 0 Å². The Hall–Kier alpha value is 0.450. The van der Waals surface area contributed by atoms with Crippen LogP contribution in [0.2, 0.25) is 0 Å². The molecule has 17 heteroatoms. The van der Waals surface area contributed by atoms with Gasteiger partial charge in [-0.2, -0.15) is 10.5 Å². The maximum atomic E-state index is 10.7. The molecule has 0 aliphatic heterocycles. The van der Waals surface area contributed by atoms with Gasteiger partial charge in [-0.05, 0) is 35.4 Å². The van der Waals surface area contributed by atoms with Crippen LogP contribution in [0.4, 0.5) is 0 Å². The predicted octanol–water partition coefficient (Wildman–Crippen LogP) is 4.57. The van der Waals surface area contributed by atoms with Crippen molar-refractivity contribution in [2.75, 3.05) is 0 Å². The summed E-state index contributed by atoms with van der Waals surface area (Å²) in [5, 5.41) is 16.9. The minimum Gasteiger partial charge on any atom is -0.748 e. The van der Waals surface area contributed by atoms with Crippen molar-refractivity contribution < 1.29 is 52.3 Å². The molecule has 0 saturated heterocycles. The number of benzene rings is 2. The number of hydrogen-bond donors (Lipinski definition) is 0. The first-order chi connectivity index (χ1) is 15.7. The Bertz CT molecular complexity index is 1130. The molecule has 2 rings (SSSR count). The zero-order chi connectivity index (χ0) is 27.9. The standard InChI is InChI=1S/C8H6ClNO2S.C8H7NO3S.C2H6.Cl5P.Na/c9-13(11,12)6-8-3-1-7(5-10)2-4-8;9-5-7-1-3-8(4-2-7)6-13(10,11)12;1-2;1-6(2,3,4)5;/h1-4H,6H2;1-4H,6H2,(H,10,11,12);1-2H3;;/q;;;;+1/p-1/i;;1D;;. The van der Waals surface area contributed by atoms with Crippen molar-refractivity contribution in [2.24, 2.45) is 0 Å². The molecule has 7 nitrogen and oxygen atoms in total. The van der Waals surface area contributed by atoms with Gasteiger partial charge in [0.15, 0.2) is 0 Å². The summed E-state index contributed by atoms with van der Waals surface area (Å²) in [4.78, 5) is 0.